The van der Waals surface area contributed by atoms with Crippen LogP contribution >= 0.6 is 0 Å². The maximum Gasteiger partial charge on any atom is 0.339 e. The predicted octanol–water partition coefficient (Wildman–Crippen LogP) is 4.24. The Balaban J connectivity index is 3.22. The van der Waals surface area contributed by atoms with Crippen LogP contribution < -0.4 is 0 Å². The largest absolute Gasteiger partial charge is 0.478 e. The SMILES string of the molecule is CCc1cc(C(=O)O)c(C(=O)OC(CC)C(C)(C)C)cc1C. The highest BCUT2D eigenvalue weighted by Crippen LogP contribution is 2.27. The Morgan fingerprint density at radius 3 is 2.18 bits per heavy atom. The van der Waals surface area contributed by atoms with Crippen LogP contribution in [0.25, 0.3) is 0 Å². The molecular weight excluding hydrogens is 280 g/mol. The molecule has 4 heteroatoms. The van der Waals surface area contributed by atoms with Gasteiger partial charge in [0, 0.05) is 0 Å². The number of carboxylic acid groups (broad SMARTS) is 1. The van der Waals surface area contributed by atoms with Crippen LogP contribution in [-0.4, -0.2) is 23.1 Å². The van der Waals surface area contributed by atoms with E-state index < -0.39 is 11.9 Å². The summed E-state index contributed by atoms with van der Waals surface area (Å²) in [5.41, 5.74) is 1.79. The van der Waals surface area contributed by atoms with Crippen LogP contribution in [0.3, 0.4) is 0 Å². The third-order valence-electron chi connectivity index (χ3n) is 3.89. The van der Waals surface area contributed by atoms with E-state index in [4.69, 9.17) is 4.74 Å². The second-order valence-corrected chi connectivity index (χ2v) is 6.65. The van der Waals surface area contributed by atoms with Gasteiger partial charge in [-0.1, -0.05) is 34.6 Å². The van der Waals surface area contributed by atoms with Gasteiger partial charge in [-0.15, -0.1) is 0 Å². The number of carbonyl (C=O) groups is 2. The molecular formula is C18H26O4. The Labute approximate surface area is 132 Å². The minimum atomic E-state index is -1.11. The molecule has 0 aliphatic rings. The number of aryl methyl sites for hydroxylation is 2. The van der Waals surface area contributed by atoms with E-state index in [1.165, 1.54) is 0 Å². The van der Waals surface area contributed by atoms with Crippen LogP contribution in [0.15, 0.2) is 12.1 Å². The van der Waals surface area contributed by atoms with Gasteiger partial charge in [-0.25, -0.2) is 9.59 Å². The third kappa shape index (κ3) is 4.09. The highest BCUT2D eigenvalue weighted by Gasteiger charge is 2.29. The number of aromatic carboxylic acids is 1. The summed E-state index contributed by atoms with van der Waals surface area (Å²) in [4.78, 5) is 23.9. The lowest BCUT2D eigenvalue weighted by Crippen LogP contribution is -2.31. The highest BCUT2D eigenvalue weighted by molar-refractivity contribution is 6.02. The van der Waals surface area contributed by atoms with Crippen molar-refractivity contribution < 1.29 is 19.4 Å². The molecule has 1 N–H and O–H groups in total. The first kappa shape index (κ1) is 18.2. The van der Waals surface area contributed by atoms with Crippen LogP contribution in [-0.2, 0) is 11.2 Å². The van der Waals surface area contributed by atoms with E-state index in [9.17, 15) is 14.7 Å². The van der Waals surface area contributed by atoms with Gasteiger partial charge in [0.1, 0.15) is 6.10 Å². The number of hydrogen-bond acceptors (Lipinski definition) is 3. The molecule has 4 nitrogen and oxygen atoms in total. The van der Waals surface area contributed by atoms with Crippen molar-refractivity contribution in [3.05, 3.63) is 34.4 Å². The molecule has 1 unspecified atom stereocenters. The summed E-state index contributed by atoms with van der Waals surface area (Å²) in [6.07, 6.45) is 1.15. The first-order chi connectivity index (χ1) is 10.1. The Bertz CT molecular complexity index is 567. The van der Waals surface area contributed by atoms with Gasteiger partial charge in [-0.3, -0.25) is 0 Å². The fourth-order valence-corrected chi connectivity index (χ4v) is 2.54. The van der Waals surface area contributed by atoms with Crippen molar-refractivity contribution in [3.63, 3.8) is 0 Å². The summed E-state index contributed by atoms with van der Waals surface area (Å²) < 4.78 is 5.57. The van der Waals surface area contributed by atoms with E-state index in [0.717, 1.165) is 17.5 Å². The molecule has 0 bridgehead atoms. The van der Waals surface area contributed by atoms with E-state index >= 15 is 0 Å². The minimum Gasteiger partial charge on any atom is -0.478 e. The van der Waals surface area contributed by atoms with Crippen LogP contribution in [0.2, 0.25) is 0 Å². The van der Waals surface area contributed by atoms with Crippen molar-refractivity contribution in [2.24, 2.45) is 5.41 Å². The topological polar surface area (TPSA) is 63.6 Å². The lowest BCUT2D eigenvalue weighted by Gasteiger charge is -2.29. The zero-order valence-electron chi connectivity index (χ0n) is 14.3. The minimum absolute atomic E-state index is 0.0104. The van der Waals surface area contributed by atoms with E-state index in [1.807, 2.05) is 41.5 Å². The fraction of sp³-hybridized carbons (Fsp3) is 0.556. The molecule has 22 heavy (non-hydrogen) atoms. The molecule has 0 aliphatic carbocycles. The summed E-state index contributed by atoms with van der Waals surface area (Å²) in [6, 6.07) is 3.20. The van der Waals surface area contributed by atoms with E-state index in [0.29, 0.717) is 6.42 Å². The summed E-state index contributed by atoms with van der Waals surface area (Å²) in [6.45, 7) is 11.8. The molecule has 1 aromatic rings. The van der Waals surface area contributed by atoms with Gasteiger partial charge in [0.05, 0.1) is 11.1 Å². The molecule has 0 saturated heterocycles. The number of carboxylic acids is 1. The second kappa shape index (κ2) is 6.95. The Hall–Kier alpha value is -1.84. The lowest BCUT2D eigenvalue weighted by atomic mass is 9.87. The zero-order chi connectivity index (χ0) is 17.1. The van der Waals surface area contributed by atoms with E-state index in [-0.39, 0.29) is 22.6 Å². The van der Waals surface area contributed by atoms with Gasteiger partial charge in [0.25, 0.3) is 0 Å². The first-order valence-electron chi connectivity index (χ1n) is 7.69. The zero-order valence-corrected chi connectivity index (χ0v) is 14.3. The van der Waals surface area contributed by atoms with Gasteiger partial charge in [0.15, 0.2) is 0 Å². The normalized spacial score (nSPS) is 12.8. The molecule has 0 radical (unpaired) electrons. The van der Waals surface area contributed by atoms with Gasteiger partial charge in [-0.05, 0) is 48.4 Å². The van der Waals surface area contributed by atoms with Crippen molar-refractivity contribution in [1.29, 1.82) is 0 Å². The fourth-order valence-electron chi connectivity index (χ4n) is 2.54. The maximum absolute atomic E-state index is 12.5. The third-order valence-corrected chi connectivity index (χ3v) is 3.89. The summed E-state index contributed by atoms with van der Waals surface area (Å²) in [7, 11) is 0. The van der Waals surface area contributed by atoms with Crippen molar-refractivity contribution in [2.45, 2.75) is 60.5 Å². The van der Waals surface area contributed by atoms with Gasteiger partial charge < -0.3 is 9.84 Å². The van der Waals surface area contributed by atoms with Crippen LogP contribution in [0.5, 0.6) is 0 Å². The Morgan fingerprint density at radius 2 is 1.77 bits per heavy atom. The number of rotatable bonds is 5. The van der Waals surface area contributed by atoms with Gasteiger partial charge in [-0.2, -0.15) is 0 Å². The average Bonchev–Trinajstić information content (AvgIpc) is 2.42. The van der Waals surface area contributed by atoms with Crippen molar-refractivity contribution in [2.75, 3.05) is 0 Å². The molecule has 0 aliphatic heterocycles. The highest BCUT2D eigenvalue weighted by atomic mass is 16.5. The summed E-state index contributed by atoms with van der Waals surface area (Å²) >= 11 is 0. The number of carbonyl (C=O) groups excluding carboxylic acids is 1. The summed E-state index contributed by atoms with van der Waals surface area (Å²) in [5, 5.41) is 9.37. The van der Waals surface area contributed by atoms with Crippen LogP contribution in [0.1, 0.15) is 72.9 Å². The number of ether oxygens (including phenoxy) is 1. The number of benzene rings is 1. The van der Waals surface area contributed by atoms with Crippen LogP contribution in [0.4, 0.5) is 0 Å². The molecule has 0 heterocycles. The molecule has 0 amide bonds. The van der Waals surface area contributed by atoms with Gasteiger partial charge in [0.2, 0.25) is 0 Å². The molecule has 0 fully saturated rings. The monoisotopic (exact) mass is 306 g/mol. The molecule has 1 aromatic carbocycles. The molecule has 0 saturated carbocycles. The average molecular weight is 306 g/mol. The van der Waals surface area contributed by atoms with E-state index in [2.05, 4.69) is 0 Å². The smallest absolute Gasteiger partial charge is 0.339 e. The van der Waals surface area contributed by atoms with Gasteiger partial charge >= 0.3 is 11.9 Å². The van der Waals surface area contributed by atoms with Crippen LogP contribution in [0, 0.1) is 12.3 Å². The standard InChI is InChI=1S/C18H26O4/c1-7-12-10-13(16(19)20)14(9-11(12)3)17(21)22-15(8-2)18(4,5)6/h9-10,15H,7-8H2,1-6H3,(H,19,20). The molecule has 1 rings (SSSR count). The number of hydrogen-bond donors (Lipinski definition) is 1. The molecule has 1 atom stereocenters. The Morgan fingerprint density at radius 1 is 1.18 bits per heavy atom. The van der Waals surface area contributed by atoms with Crippen molar-refractivity contribution >= 4 is 11.9 Å². The quantitative estimate of drug-likeness (QED) is 0.827. The Kier molecular flexibility index (Phi) is 5.75. The maximum atomic E-state index is 12.5. The first-order valence-corrected chi connectivity index (χ1v) is 7.69. The van der Waals surface area contributed by atoms with Crippen molar-refractivity contribution in [1.82, 2.24) is 0 Å². The predicted molar refractivity (Wildman–Crippen MR) is 86.5 cm³/mol. The summed E-state index contributed by atoms with van der Waals surface area (Å²) in [5.74, 6) is -1.67. The molecule has 122 valence electrons. The van der Waals surface area contributed by atoms with E-state index in [1.54, 1.807) is 12.1 Å². The molecule has 0 aromatic heterocycles. The van der Waals surface area contributed by atoms with Crippen molar-refractivity contribution in [3.8, 4) is 0 Å². The molecule has 0 spiro atoms. The lowest BCUT2D eigenvalue weighted by molar-refractivity contribution is -0.00429. The number of esters is 1. The second-order valence-electron chi connectivity index (χ2n) is 6.65.